The molecule has 0 saturated heterocycles. The SMILES string of the molecule is CCCCNCc1cncc(-c2cnc3n[nH]c(-c4nc5ccc(OC)cc5[nH]4)c3c2)c1.CCCNCc1cncc(-c2cnc3n[nH]c(-c4nc5ccc(OC)cc5[nH]4)c3c2)c1.CCNCc1cncc(-c2cnc3n[nH]c(-c4nc5ccc(OC)cc5[nH]4)c3c2)c1.COc1ccc2nc(-c3[nH]nc4ncc(-c5cncc(CNC(C)C)c5)cc34)[nH]c2c1. The number of benzene rings is 4. The first-order chi connectivity index (χ1) is 60.8. The number of nitrogens with zero attached hydrogens (tertiary/aromatic N) is 16. The Balaban J connectivity index is 0.000000117. The number of ether oxygens (including phenoxy) is 4. The van der Waals surface area contributed by atoms with Crippen molar-refractivity contribution in [3.63, 3.8) is 0 Å². The fourth-order valence-corrected chi connectivity index (χ4v) is 14.4. The van der Waals surface area contributed by atoms with Gasteiger partial charge in [0.05, 0.1) is 94.1 Å². The molecule has 16 heterocycles. The third-order valence-electron chi connectivity index (χ3n) is 20.9. The van der Waals surface area contributed by atoms with Crippen LogP contribution in [0.3, 0.4) is 0 Å². The smallest absolute Gasteiger partial charge is 0.181 e. The van der Waals surface area contributed by atoms with Crippen molar-refractivity contribution in [3.05, 3.63) is 218 Å². The third kappa shape index (κ3) is 18.2. The van der Waals surface area contributed by atoms with Crippen LogP contribution in [0.15, 0.2) is 196 Å². The first-order valence-corrected chi connectivity index (χ1v) is 41.0. The van der Waals surface area contributed by atoms with Crippen molar-refractivity contribution in [1.82, 2.24) is 142 Å². The Morgan fingerprint density at radius 3 is 0.887 bits per heavy atom. The molecule has 0 radical (unpaired) electrons. The van der Waals surface area contributed by atoms with E-state index in [2.05, 4.69) is 205 Å². The van der Waals surface area contributed by atoms with Crippen LogP contribution in [0.4, 0.5) is 0 Å². The number of aromatic amines is 8. The van der Waals surface area contributed by atoms with Gasteiger partial charge in [-0.05, 0) is 152 Å². The molecule has 0 unspecified atom stereocenters. The predicted octanol–water partition coefficient (Wildman–Crippen LogP) is 16.3. The van der Waals surface area contributed by atoms with Gasteiger partial charge in [-0.15, -0.1) is 0 Å². The molecule has 0 aliphatic heterocycles. The van der Waals surface area contributed by atoms with Crippen molar-refractivity contribution in [2.24, 2.45) is 0 Å². The number of pyridine rings is 8. The molecule has 0 spiro atoms. The zero-order valence-electron chi connectivity index (χ0n) is 69.9. The summed E-state index contributed by atoms with van der Waals surface area (Å²) in [5.74, 6) is 5.95. The van der Waals surface area contributed by atoms with E-state index in [-0.39, 0.29) is 0 Å². The molecule has 4 aromatic carbocycles. The number of fused-ring (bicyclic) bond motifs is 8. The number of aromatic nitrogens is 24. The van der Waals surface area contributed by atoms with Gasteiger partial charge in [0.1, 0.15) is 45.8 Å². The Bertz CT molecular complexity index is 7110. The van der Waals surface area contributed by atoms with Gasteiger partial charge in [-0.1, -0.05) is 41.0 Å². The van der Waals surface area contributed by atoms with Crippen molar-refractivity contribution in [3.8, 4) is 114 Å². The molecule has 0 aliphatic rings. The first-order valence-electron chi connectivity index (χ1n) is 41.0. The molecule has 0 fully saturated rings. The number of hydrogen-bond donors (Lipinski definition) is 12. The molecule has 624 valence electrons. The fourth-order valence-electron chi connectivity index (χ4n) is 14.4. The molecular weight excluding hydrogens is 1560 g/mol. The van der Waals surface area contributed by atoms with E-state index < -0.39 is 0 Å². The Hall–Kier alpha value is -15.1. The van der Waals surface area contributed by atoms with Crippen LogP contribution in [0.2, 0.25) is 0 Å². The van der Waals surface area contributed by atoms with Gasteiger partial charge >= 0.3 is 0 Å². The van der Waals surface area contributed by atoms with E-state index in [0.29, 0.717) is 51.9 Å². The first kappa shape index (κ1) is 81.3. The van der Waals surface area contributed by atoms with E-state index in [1.807, 2.05) is 147 Å². The van der Waals surface area contributed by atoms with Gasteiger partial charge in [0.15, 0.2) is 45.9 Å². The summed E-state index contributed by atoms with van der Waals surface area (Å²) in [7, 11) is 6.60. The summed E-state index contributed by atoms with van der Waals surface area (Å²) in [5.41, 5.74) is 25.4. The van der Waals surface area contributed by atoms with E-state index >= 15 is 0 Å². The lowest BCUT2D eigenvalue weighted by atomic mass is 10.1. The van der Waals surface area contributed by atoms with Gasteiger partial charge in [0.25, 0.3) is 0 Å². The lowest BCUT2D eigenvalue weighted by Crippen LogP contribution is -2.21. The second-order valence-electron chi connectivity index (χ2n) is 30.0. The average molecular weight is 1650 g/mol. The van der Waals surface area contributed by atoms with Gasteiger partial charge in [-0.2, -0.15) is 20.4 Å². The molecule has 20 aromatic rings. The highest BCUT2D eigenvalue weighted by Crippen LogP contribution is 2.36. The molecule has 32 nitrogen and oxygen atoms in total. The number of rotatable bonds is 27. The van der Waals surface area contributed by atoms with Gasteiger partial charge in [-0.3, -0.25) is 40.3 Å². The predicted molar refractivity (Wildman–Crippen MR) is 483 cm³/mol. The van der Waals surface area contributed by atoms with Crippen molar-refractivity contribution in [2.75, 3.05) is 48.1 Å². The minimum atomic E-state index is 0.416. The summed E-state index contributed by atoms with van der Waals surface area (Å²) in [6.45, 7) is 16.8. The Morgan fingerprint density at radius 2 is 0.605 bits per heavy atom. The summed E-state index contributed by atoms with van der Waals surface area (Å²) in [6, 6.07) is 40.3. The number of imidazole rings is 4. The van der Waals surface area contributed by atoms with Gasteiger partial charge < -0.3 is 60.2 Å². The fraction of sp³-hybridized carbons (Fsp3) is 0.217. The van der Waals surface area contributed by atoms with Crippen molar-refractivity contribution in [2.45, 2.75) is 86.1 Å². The van der Waals surface area contributed by atoms with E-state index in [1.54, 1.807) is 28.4 Å². The van der Waals surface area contributed by atoms with Crippen LogP contribution < -0.4 is 40.2 Å². The van der Waals surface area contributed by atoms with E-state index in [9.17, 15) is 0 Å². The molecular formula is C92H92N28O4. The third-order valence-corrected chi connectivity index (χ3v) is 20.9. The maximum absolute atomic E-state index is 5.32. The molecule has 20 rings (SSSR count). The number of H-pyrrole nitrogens is 8. The number of hydrogen-bond acceptors (Lipinski definition) is 24. The Morgan fingerprint density at radius 1 is 0.315 bits per heavy atom. The maximum atomic E-state index is 5.32. The van der Waals surface area contributed by atoms with Crippen LogP contribution in [-0.2, 0) is 26.2 Å². The average Bonchev–Trinajstić information content (AvgIpc) is 1.64. The summed E-state index contributed by atoms with van der Waals surface area (Å²) >= 11 is 0. The highest BCUT2D eigenvalue weighted by molar-refractivity contribution is 5.98. The molecule has 0 bridgehead atoms. The minimum absolute atomic E-state index is 0.416. The topological polar surface area (TPSA) is 418 Å². The van der Waals surface area contributed by atoms with E-state index in [0.717, 1.165) is 230 Å². The van der Waals surface area contributed by atoms with Gasteiger partial charge in [-0.25, -0.2) is 39.9 Å². The van der Waals surface area contributed by atoms with Crippen LogP contribution in [0.5, 0.6) is 23.0 Å². The summed E-state index contributed by atoms with van der Waals surface area (Å²) in [6.07, 6.45) is 25.8. The standard InChI is InChI=1S/C24H25N7O.2C23H23N7O.C22H21N7O/c1-3-4-7-25-11-15-8-16(13-26-12-15)17-9-19-22(30-31-23(19)27-14-17)24-28-20-6-5-18(32-2)10-21(20)29-24;1-13(2)25-10-14-6-15(11-24-9-14)16-7-18-21(29-30-22(18)26-12-16)23-27-19-5-4-17(31-3)8-20(19)28-23;1-3-6-24-10-14-7-15(12-25-11-14)16-8-18-21(29-30-22(18)26-13-16)23-27-19-5-4-17(31-2)9-20(19)28-23;1-3-23-9-13-6-14(11-24-10-13)15-7-17-20(28-29-21(17)25-12-15)22-26-18-5-4-16(30-2)8-19(18)27-22/h5-6,8-10,12-14,25H,3-4,7,11H2,1-2H3,(H,28,29)(H,27,30,31);4-9,11-13,25H,10H2,1-3H3,(H,27,28)(H,26,29,30);4-5,7-9,11-13,24H,3,6,10H2,1-2H3,(H,27,28)(H,26,29,30);4-8,10-12,23H,3,9H2,1-2H3,(H,26,27)(H,25,28,29). The quantitative estimate of drug-likeness (QED) is 0.0213. The van der Waals surface area contributed by atoms with Crippen molar-refractivity contribution in [1.29, 1.82) is 0 Å². The second kappa shape index (κ2) is 37.3. The van der Waals surface area contributed by atoms with Crippen LogP contribution >= 0.6 is 0 Å². The monoisotopic (exact) mass is 1650 g/mol. The summed E-state index contributed by atoms with van der Waals surface area (Å²) < 4.78 is 21.2. The highest BCUT2D eigenvalue weighted by Gasteiger charge is 2.21. The zero-order valence-corrected chi connectivity index (χ0v) is 69.9. The molecule has 32 heteroatoms. The summed E-state index contributed by atoms with van der Waals surface area (Å²) in [4.78, 5) is 68.0. The summed E-state index contributed by atoms with van der Waals surface area (Å²) in [5, 5.41) is 47.0. The van der Waals surface area contributed by atoms with Crippen LogP contribution in [0.1, 0.15) is 76.1 Å². The Kier molecular flexibility index (Phi) is 24.4. The van der Waals surface area contributed by atoms with Gasteiger partial charge in [0.2, 0.25) is 0 Å². The van der Waals surface area contributed by atoms with E-state index in [4.69, 9.17) is 38.9 Å². The zero-order chi connectivity index (χ0) is 85.0. The molecule has 0 aliphatic carbocycles. The normalized spacial score (nSPS) is 11.5. The lowest BCUT2D eigenvalue weighted by molar-refractivity contribution is 0.415. The molecule has 124 heavy (non-hydrogen) atoms. The van der Waals surface area contributed by atoms with E-state index in [1.165, 1.54) is 12.8 Å². The van der Waals surface area contributed by atoms with Crippen LogP contribution in [0, 0.1) is 0 Å². The number of methoxy groups -OCH3 is 4. The minimum Gasteiger partial charge on any atom is -0.497 e. The molecule has 0 amide bonds. The number of nitrogens with one attached hydrogen (secondary N) is 12. The molecule has 12 N–H and O–H groups in total. The lowest BCUT2D eigenvalue weighted by Gasteiger charge is -2.09. The largest absolute Gasteiger partial charge is 0.497 e. The van der Waals surface area contributed by atoms with Crippen molar-refractivity contribution >= 4 is 88.3 Å². The second-order valence-corrected chi connectivity index (χ2v) is 30.0. The Labute approximate surface area is 711 Å². The molecule has 0 saturated carbocycles. The van der Waals surface area contributed by atoms with Crippen molar-refractivity contribution < 1.29 is 18.9 Å². The van der Waals surface area contributed by atoms with Crippen LogP contribution in [-0.4, -0.2) is 175 Å². The number of unbranched alkanes of at least 4 members (excludes halogenated alkanes) is 1. The maximum Gasteiger partial charge on any atom is 0.181 e. The highest BCUT2D eigenvalue weighted by atomic mass is 16.5. The van der Waals surface area contributed by atoms with Crippen LogP contribution in [0.25, 0.3) is 179 Å². The molecule has 16 aromatic heterocycles. The van der Waals surface area contributed by atoms with Gasteiger partial charge in [0, 0.05) is 175 Å². The molecule has 0 atom stereocenters.